The Morgan fingerprint density at radius 2 is 1.90 bits per heavy atom. The van der Waals surface area contributed by atoms with E-state index in [1.54, 1.807) is 20.8 Å². The van der Waals surface area contributed by atoms with Gasteiger partial charge < -0.3 is 5.32 Å². The average Bonchev–Trinajstić information content (AvgIpc) is 2.89. The molecule has 0 unspecified atom stereocenters. The Hall–Kier alpha value is -1.70. The van der Waals surface area contributed by atoms with Crippen molar-refractivity contribution in [3.05, 3.63) is 29.1 Å². The van der Waals surface area contributed by atoms with Crippen molar-refractivity contribution in [3.8, 4) is 0 Å². The van der Waals surface area contributed by atoms with Crippen LogP contribution in [-0.4, -0.2) is 19.6 Å². The maximum Gasteiger partial charge on any atom is 0.333 e. The number of alkyl halides is 2. The van der Waals surface area contributed by atoms with Crippen molar-refractivity contribution >= 4 is 18.1 Å². The number of nitrogens with one attached hydrogen (secondary N) is 1. The fourth-order valence-electron chi connectivity index (χ4n) is 1.94. The highest BCUT2D eigenvalue weighted by molar-refractivity contribution is 5.85. The molecule has 118 valence electrons. The number of nitrogens with zero attached hydrogens (tertiary/aromatic N) is 4. The molecule has 2 rings (SSSR count). The lowest BCUT2D eigenvalue weighted by atomic mass is 10.2. The van der Waals surface area contributed by atoms with Gasteiger partial charge in [0.1, 0.15) is 0 Å². The molecule has 5 nitrogen and oxygen atoms in total. The molecule has 0 amide bonds. The van der Waals surface area contributed by atoms with E-state index < -0.39 is 12.5 Å². The summed E-state index contributed by atoms with van der Waals surface area (Å²) in [5.74, 6) is -0.406. The van der Waals surface area contributed by atoms with E-state index in [9.17, 15) is 13.2 Å². The molecule has 0 aliphatic heterocycles. The van der Waals surface area contributed by atoms with Crippen molar-refractivity contribution in [2.24, 2.45) is 0 Å². The van der Waals surface area contributed by atoms with Crippen molar-refractivity contribution in [1.82, 2.24) is 19.6 Å². The highest BCUT2D eigenvalue weighted by Crippen LogP contribution is 2.20. The SMILES string of the molecule is CCn1nc(C)c(CNc2cn(C(F)F)nc2C)c1F.Cl. The first-order valence-electron chi connectivity index (χ1n) is 6.23. The van der Waals surface area contributed by atoms with Gasteiger partial charge in [0, 0.05) is 18.7 Å². The molecule has 0 bridgehead atoms. The van der Waals surface area contributed by atoms with E-state index in [1.165, 1.54) is 10.9 Å². The van der Waals surface area contributed by atoms with Crippen LogP contribution in [0.5, 0.6) is 0 Å². The minimum absolute atomic E-state index is 0. The molecule has 0 saturated carbocycles. The second kappa shape index (κ2) is 6.84. The summed E-state index contributed by atoms with van der Waals surface area (Å²) in [6.45, 7) is 3.04. The summed E-state index contributed by atoms with van der Waals surface area (Å²) in [7, 11) is 0. The number of aryl methyl sites for hydroxylation is 3. The predicted molar refractivity (Wildman–Crippen MR) is 75.4 cm³/mol. The lowest BCUT2D eigenvalue weighted by Gasteiger charge is -2.04. The number of halogens is 4. The highest BCUT2D eigenvalue weighted by Gasteiger charge is 2.16. The van der Waals surface area contributed by atoms with Crippen LogP contribution in [0, 0.1) is 19.8 Å². The number of hydrogen-bond acceptors (Lipinski definition) is 3. The average molecular weight is 324 g/mol. The van der Waals surface area contributed by atoms with Crippen LogP contribution in [-0.2, 0) is 13.1 Å². The van der Waals surface area contributed by atoms with Crippen LogP contribution in [0.15, 0.2) is 6.20 Å². The Morgan fingerprint density at radius 1 is 1.24 bits per heavy atom. The lowest BCUT2D eigenvalue weighted by Crippen LogP contribution is -2.04. The third-order valence-electron chi connectivity index (χ3n) is 3.05. The Kier molecular flexibility index (Phi) is 5.65. The third kappa shape index (κ3) is 3.49. The zero-order valence-electron chi connectivity index (χ0n) is 11.9. The summed E-state index contributed by atoms with van der Waals surface area (Å²) in [4.78, 5) is 0. The fourth-order valence-corrected chi connectivity index (χ4v) is 1.94. The van der Waals surface area contributed by atoms with Crippen LogP contribution in [0.25, 0.3) is 0 Å². The van der Waals surface area contributed by atoms with Gasteiger partial charge in [-0.1, -0.05) is 0 Å². The minimum Gasteiger partial charge on any atom is -0.378 e. The molecule has 9 heteroatoms. The molecule has 0 spiro atoms. The largest absolute Gasteiger partial charge is 0.378 e. The second-order valence-electron chi connectivity index (χ2n) is 4.41. The van der Waals surface area contributed by atoms with Crippen LogP contribution in [0.3, 0.4) is 0 Å². The summed E-state index contributed by atoms with van der Waals surface area (Å²) >= 11 is 0. The van der Waals surface area contributed by atoms with E-state index in [2.05, 4.69) is 15.5 Å². The Labute approximate surface area is 126 Å². The molecular formula is C12H17ClF3N5. The smallest absolute Gasteiger partial charge is 0.333 e. The van der Waals surface area contributed by atoms with E-state index in [0.29, 0.717) is 33.9 Å². The molecule has 1 N–H and O–H groups in total. The summed E-state index contributed by atoms with van der Waals surface area (Å²) < 4.78 is 40.8. The van der Waals surface area contributed by atoms with Gasteiger partial charge in [-0.15, -0.1) is 12.4 Å². The van der Waals surface area contributed by atoms with Gasteiger partial charge in [0.2, 0.25) is 5.95 Å². The standard InChI is InChI=1S/C12H16F3N5.ClH/c1-4-19-11(13)9(7(2)17-19)5-16-10-6-20(12(14)15)18-8(10)3;/h6,12,16H,4-5H2,1-3H3;1H. The summed E-state index contributed by atoms with van der Waals surface area (Å²) in [5, 5.41) is 10.6. The van der Waals surface area contributed by atoms with Crippen LogP contribution in [0.1, 0.15) is 30.4 Å². The zero-order valence-corrected chi connectivity index (χ0v) is 12.7. The molecule has 0 radical (unpaired) electrons. The van der Waals surface area contributed by atoms with E-state index in [1.807, 2.05) is 0 Å². The molecule has 0 aliphatic rings. The van der Waals surface area contributed by atoms with Gasteiger partial charge in [-0.2, -0.15) is 23.4 Å². The van der Waals surface area contributed by atoms with Gasteiger partial charge in [0.05, 0.1) is 23.3 Å². The topological polar surface area (TPSA) is 47.7 Å². The molecule has 0 saturated heterocycles. The van der Waals surface area contributed by atoms with Crippen molar-refractivity contribution in [3.63, 3.8) is 0 Å². The van der Waals surface area contributed by atoms with Crippen molar-refractivity contribution < 1.29 is 13.2 Å². The van der Waals surface area contributed by atoms with E-state index in [4.69, 9.17) is 0 Å². The van der Waals surface area contributed by atoms with E-state index >= 15 is 0 Å². The summed E-state index contributed by atoms with van der Waals surface area (Å²) in [5.41, 5.74) is 1.89. The maximum absolute atomic E-state index is 14.0. The first-order chi connectivity index (χ1) is 9.43. The van der Waals surface area contributed by atoms with Gasteiger partial charge in [-0.25, -0.2) is 9.36 Å². The summed E-state index contributed by atoms with van der Waals surface area (Å²) in [6, 6.07) is 0. The molecular weight excluding hydrogens is 307 g/mol. The molecule has 0 aromatic carbocycles. The first kappa shape index (κ1) is 17.4. The molecule has 2 heterocycles. The van der Waals surface area contributed by atoms with Crippen molar-refractivity contribution in [1.29, 1.82) is 0 Å². The van der Waals surface area contributed by atoms with Gasteiger partial charge >= 0.3 is 6.55 Å². The monoisotopic (exact) mass is 323 g/mol. The van der Waals surface area contributed by atoms with Gasteiger partial charge in [-0.05, 0) is 20.8 Å². The Bertz CT molecular complexity index is 608. The molecule has 2 aromatic heterocycles. The first-order valence-corrected chi connectivity index (χ1v) is 6.23. The number of aromatic nitrogens is 4. The van der Waals surface area contributed by atoms with Crippen LogP contribution < -0.4 is 5.32 Å². The molecule has 2 aromatic rings. The van der Waals surface area contributed by atoms with Crippen LogP contribution in [0.2, 0.25) is 0 Å². The van der Waals surface area contributed by atoms with E-state index in [-0.39, 0.29) is 19.0 Å². The molecule has 21 heavy (non-hydrogen) atoms. The molecule has 0 aliphatic carbocycles. The Balaban J connectivity index is 0.00000220. The molecule has 0 atom stereocenters. The van der Waals surface area contributed by atoms with Gasteiger partial charge in [-0.3, -0.25) is 0 Å². The number of rotatable bonds is 5. The zero-order chi connectivity index (χ0) is 14.9. The fraction of sp³-hybridized carbons (Fsp3) is 0.500. The normalized spacial score (nSPS) is 10.8. The van der Waals surface area contributed by atoms with Crippen LogP contribution in [0.4, 0.5) is 18.9 Å². The van der Waals surface area contributed by atoms with Gasteiger partial charge in [0.25, 0.3) is 0 Å². The molecule has 0 fully saturated rings. The number of hydrogen-bond donors (Lipinski definition) is 1. The maximum atomic E-state index is 14.0. The number of anilines is 1. The Morgan fingerprint density at radius 3 is 2.38 bits per heavy atom. The summed E-state index contributed by atoms with van der Waals surface area (Å²) in [6.07, 6.45) is 1.21. The second-order valence-corrected chi connectivity index (χ2v) is 4.41. The van der Waals surface area contributed by atoms with Gasteiger partial charge in [0.15, 0.2) is 0 Å². The minimum atomic E-state index is -2.69. The highest BCUT2D eigenvalue weighted by atomic mass is 35.5. The van der Waals surface area contributed by atoms with Crippen molar-refractivity contribution in [2.45, 2.75) is 40.4 Å². The lowest BCUT2D eigenvalue weighted by molar-refractivity contribution is 0.0563. The van der Waals surface area contributed by atoms with E-state index in [0.717, 1.165) is 0 Å². The van der Waals surface area contributed by atoms with Crippen LogP contribution >= 0.6 is 12.4 Å². The third-order valence-corrected chi connectivity index (χ3v) is 3.05. The quantitative estimate of drug-likeness (QED) is 0.918. The predicted octanol–water partition coefficient (Wildman–Crippen LogP) is 3.28. The van der Waals surface area contributed by atoms with Crippen molar-refractivity contribution in [2.75, 3.05) is 5.32 Å².